The fourth-order valence-corrected chi connectivity index (χ4v) is 3.34. The maximum Gasteiger partial charge on any atom is 0.0400 e. The summed E-state index contributed by atoms with van der Waals surface area (Å²) in [5.74, 6) is 0. The quantitative estimate of drug-likeness (QED) is 0.792. The van der Waals surface area contributed by atoms with Crippen molar-refractivity contribution < 1.29 is 0 Å². The van der Waals surface area contributed by atoms with Gasteiger partial charge in [0.15, 0.2) is 0 Å². The average molecular weight is 303 g/mol. The Kier molecular flexibility index (Phi) is 3.95. The van der Waals surface area contributed by atoms with Crippen LogP contribution in [-0.2, 0) is 6.54 Å². The first kappa shape index (κ1) is 14.2. The Balaban J connectivity index is 1.39. The Morgan fingerprint density at radius 2 is 1.96 bits per heavy atom. The van der Waals surface area contributed by atoms with Crippen LogP contribution in [0.1, 0.15) is 12.0 Å². The Hall–Kier alpha value is -2.39. The van der Waals surface area contributed by atoms with E-state index in [9.17, 15) is 0 Å². The number of rotatable bonds is 4. The van der Waals surface area contributed by atoms with E-state index in [-0.39, 0.29) is 0 Å². The van der Waals surface area contributed by atoms with E-state index < -0.39 is 0 Å². The molecule has 1 aromatic heterocycles. The third-order valence-corrected chi connectivity index (χ3v) is 4.53. The number of benzene rings is 2. The van der Waals surface area contributed by atoms with Crippen molar-refractivity contribution in [1.29, 1.82) is 0 Å². The van der Waals surface area contributed by atoms with Gasteiger partial charge in [-0.05, 0) is 35.6 Å². The molecule has 0 unspecified atom stereocenters. The normalized spacial score (nSPS) is 18.3. The molecule has 3 nitrogen and oxygen atoms in total. The third kappa shape index (κ3) is 3.35. The molecule has 2 heterocycles. The van der Waals surface area contributed by atoms with Crippen LogP contribution in [0, 0.1) is 0 Å². The molecule has 1 aliphatic rings. The van der Waals surface area contributed by atoms with Crippen LogP contribution in [0.2, 0.25) is 0 Å². The second-order valence-corrected chi connectivity index (χ2v) is 6.29. The van der Waals surface area contributed by atoms with E-state index in [0.29, 0.717) is 6.04 Å². The summed E-state index contributed by atoms with van der Waals surface area (Å²) in [6, 6.07) is 19.8. The third-order valence-electron chi connectivity index (χ3n) is 4.53. The molecule has 1 fully saturated rings. The number of anilines is 1. The molecular weight excluding hydrogens is 282 g/mol. The molecule has 2 aromatic carbocycles. The van der Waals surface area contributed by atoms with Crippen molar-refractivity contribution in [1.82, 2.24) is 9.88 Å². The number of likely N-dealkylation sites (tertiary alicyclic amines) is 1. The van der Waals surface area contributed by atoms with Crippen LogP contribution in [0.25, 0.3) is 10.8 Å². The highest BCUT2D eigenvalue weighted by Gasteiger charge is 2.22. The molecule has 1 N–H and O–H groups in total. The maximum atomic E-state index is 4.17. The topological polar surface area (TPSA) is 28.2 Å². The molecule has 0 aliphatic carbocycles. The van der Waals surface area contributed by atoms with Crippen molar-refractivity contribution in [2.75, 3.05) is 18.4 Å². The number of fused-ring (bicyclic) bond motifs is 1. The molecule has 0 spiro atoms. The first-order valence-corrected chi connectivity index (χ1v) is 8.23. The lowest BCUT2D eigenvalue weighted by molar-refractivity contribution is 0.328. The fraction of sp³-hybridized carbons (Fsp3) is 0.250. The van der Waals surface area contributed by atoms with Gasteiger partial charge in [0.1, 0.15) is 0 Å². The van der Waals surface area contributed by atoms with Crippen molar-refractivity contribution in [2.24, 2.45) is 0 Å². The number of aromatic nitrogens is 1. The number of nitrogens with zero attached hydrogens (tertiary/aromatic N) is 2. The van der Waals surface area contributed by atoms with Crippen LogP contribution in [0.4, 0.5) is 5.69 Å². The largest absolute Gasteiger partial charge is 0.381 e. The van der Waals surface area contributed by atoms with Gasteiger partial charge in [0.2, 0.25) is 0 Å². The molecule has 116 valence electrons. The number of nitrogens with one attached hydrogen (secondary N) is 1. The zero-order chi connectivity index (χ0) is 15.5. The lowest BCUT2D eigenvalue weighted by Gasteiger charge is -2.17. The van der Waals surface area contributed by atoms with Crippen molar-refractivity contribution in [3.8, 4) is 0 Å². The van der Waals surface area contributed by atoms with Crippen LogP contribution in [0.15, 0.2) is 67.0 Å². The van der Waals surface area contributed by atoms with Crippen LogP contribution in [-0.4, -0.2) is 29.0 Å². The predicted molar refractivity (Wildman–Crippen MR) is 95.5 cm³/mol. The van der Waals surface area contributed by atoms with E-state index in [1.807, 2.05) is 12.4 Å². The Labute approximate surface area is 137 Å². The predicted octanol–water partition coefficient (Wildman–Crippen LogP) is 3.92. The highest BCUT2D eigenvalue weighted by molar-refractivity contribution is 5.84. The Morgan fingerprint density at radius 1 is 1.04 bits per heavy atom. The van der Waals surface area contributed by atoms with Gasteiger partial charge in [-0.2, -0.15) is 0 Å². The van der Waals surface area contributed by atoms with Gasteiger partial charge in [-0.25, -0.2) is 0 Å². The van der Waals surface area contributed by atoms with Crippen LogP contribution in [0.5, 0.6) is 0 Å². The number of hydrogen-bond acceptors (Lipinski definition) is 3. The molecule has 1 saturated heterocycles. The SMILES string of the molecule is c1ccc(CN2CC[C@@H](Nc3ccc4cnccc4c3)C2)cc1. The highest BCUT2D eigenvalue weighted by atomic mass is 15.2. The summed E-state index contributed by atoms with van der Waals surface area (Å²) in [6.07, 6.45) is 4.96. The molecular formula is C20H21N3. The van der Waals surface area contributed by atoms with Gasteiger partial charge in [0, 0.05) is 49.1 Å². The molecule has 1 atom stereocenters. The van der Waals surface area contributed by atoms with Gasteiger partial charge in [-0.15, -0.1) is 0 Å². The minimum Gasteiger partial charge on any atom is -0.381 e. The van der Waals surface area contributed by atoms with Crippen LogP contribution < -0.4 is 5.32 Å². The van der Waals surface area contributed by atoms with Crippen LogP contribution in [0.3, 0.4) is 0 Å². The van der Waals surface area contributed by atoms with E-state index in [0.717, 1.165) is 19.6 Å². The first-order valence-electron chi connectivity index (χ1n) is 8.23. The zero-order valence-electron chi connectivity index (χ0n) is 13.2. The summed E-state index contributed by atoms with van der Waals surface area (Å²) in [6.45, 7) is 3.30. The van der Waals surface area contributed by atoms with E-state index in [1.54, 1.807) is 0 Å². The van der Waals surface area contributed by atoms with Gasteiger partial charge in [0.25, 0.3) is 0 Å². The minimum absolute atomic E-state index is 0.526. The summed E-state index contributed by atoms with van der Waals surface area (Å²) in [5, 5.41) is 6.12. The summed E-state index contributed by atoms with van der Waals surface area (Å²) in [4.78, 5) is 6.69. The number of hydrogen-bond donors (Lipinski definition) is 1. The van der Waals surface area contributed by atoms with Crippen molar-refractivity contribution in [3.63, 3.8) is 0 Å². The van der Waals surface area contributed by atoms with E-state index >= 15 is 0 Å². The molecule has 4 rings (SSSR count). The lowest BCUT2D eigenvalue weighted by atomic mass is 10.1. The molecule has 3 aromatic rings. The smallest absolute Gasteiger partial charge is 0.0400 e. The monoisotopic (exact) mass is 303 g/mol. The van der Waals surface area contributed by atoms with Crippen molar-refractivity contribution >= 4 is 16.5 Å². The summed E-state index contributed by atoms with van der Waals surface area (Å²) in [7, 11) is 0. The molecule has 0 bridgehead atoms. The fourth-order valence-electron chi connectivity index (χ4n) is 3.34. The highest BCUT2D eigenvalue weighted by Crippen LogP contribution is 2.21. The van der Waals surface area contributed by atoms with Crippen molar-refractivity contribution in [2.45, 2.75) is 19.0 Å². The van der Waals surface area contributed by atoms with E-state index in [2.05, 4.69) is 69.8 Å². The van der Waals surface area contributed by atoms with E-state index in [1.165, 1.54) is 28.4 Å². The molecule has 3 heteroatoms. The van der Waals surface area contributed by atoms with Crippen LogP contribution >= 0.6 is 0 Å². The minimum atomic E-state index is 0.526. The molecule has 0 amide bonds. The van der Waals surface area contributed by atoms with Gasteiger partial charge in [0.05, 0.1) is 0 Å². The Bertz CT molecular complexity index is 785. The second-order valence-electron chi connectivity index (χ2n) is 6.29. The molecule has 1 aliphatic heterocycles. The summed E-state index contributed by atoms with van der Waals surface area (Å²) >= 11 is 0. The van der Waals surface area contributed by atoms with E-state index in [4.69, 9.17) is 0 Å². The first-order chi connectivity index (χ1) is 11.4. The maximum absolute atomic E-state index is 4.17. The van der Waals surface area contributed by atoms with Crippen molar-refractivity contribution in [3.05, 3.63) is 72.6 Å². The number of pyridine rings is 1. The van der Waals surface area contributed by atoms with Gasteiger partial charge in [-0.3, -0.25) is 9.88 Å². The molecule has 0 radical (unpaired) electrons. The lowest BCUT2D eigenvalue weighted by Crippen LogP contribution is -2.25. The summed E-state index contributed by atoms with van der Waals surface area (Å²) < 4.78 is 0. The standard InChI is InChI=1S/C20H21N3/c1-2-4-16(5-3-1)14-23-11-9-20(15-23)22-19-7-6-18-13-21-10-8-17(18)12-19/h1-8,10,12-13,20,22H,9,11,14-15H2/t20-/m1/s1. The second kappa shape index (κ2) is 6.39. The Morgan fingerprint density at radius 3 is 2.87 bits per heavy atom. The molecule has 23 heavy (non-hydrogen) atoms. The molecule has 0 saturated carbocycles. The van der Waals surface area contributed by atoms with Gasteiger partial charge in [-0.1, -0.05) is 36.4 Å². The zero-order valence-corrected chi connectivity index (χ0v) is 13.2. The van der Waals surface area contributed by atoms with Gasteiger partial charge < -0.3 is 5.32 Å². The van der Waals surface area contributed by atoms with Gasteiger partial charge >= 0.3 is 0 Å². The average Bonchev–Trinajstić information content (AvgIpc) is 3.02. The summed E-state index contributed by atoms with van der Waals surface area (Å²) in [5.41, 5.74) is 2.60.